The highest BCUT2D eigenvalue weighted by Crippen LogP contribution is 2.21. The lowest BCUT2D eigenvalue weighted by atomic mass is 10.1. The Labute approximate surface area is 185 Å². The largest absolute Gasteiger partial charge is 0.496 e. The van der Waals surface area contributed by atoms with Crippen molar-refractivity contribution in [2.45, 2.75) is 52.9 Å². The summed E-state index contributed by atoms with van der Waals surface area (Å²) in [6.07, 6.45) is 8.90. The molecule has 0 unspecified atom stereocenters. The van der Waals surface area contributed by atoms with Gasteiger partial charge in [-0.25, -0.2) is 9.97 Å². The monoisotopic (exact) mass is 423 g/mol. The normalized spacial score (nSPS) is 10.2. The molecule has 0 fully saturated rings. The Morgan fingerprint density at radius 3 is 2.58 bits per heavy atom. The number of pyridine rings is 1. The number of para-hydroxylation sites is 1. The van der Waals surface area contributed by atoms with Crippen LogP contribution in [0.25, 0.3) is 11.5 Å². The van der Waals surface area contributed by atoms with Gasteiger partial charge in [0.05, 0.1) is 7.11 Å². The molecule has 31 heavy (non-hydrogen) atoms. The van der Waals surface area contributed by atoms with Gasteiger partial charge in [-0.1, -0.05) is 44.9 Å². The first-order chi connectivity index (χ1) is 15.1. The number of unbranched alkanes of at least 4 members (excludes halogenated alkanes) is 2. The summed E-state index contributed by atoms with van der Waals surface area (Å²) >= 11 is 0. The van der Waals surface area contributed by atoms with E-state index in [1.54, 1.807) is 19.4 Å². The van der Waals surface area contributed by atoms with Gasteiger partial charge in [0.15, 0.2) is 5.78 Å². The van der Waals surface area contributed by atoms with Gasteiger partial charge in [0.25, 0.3) is 0 Å². The molecule has 2 aromatic heterocycles. The Kier molecular flexibility index (Phi) is 10.3. The number of benzene rings is 1. The lowest BCUT2D eigenvalue weighted by Gasteiger charge is -2.06. The number of ketones is 1. The van der Waals surface area contributed by atoms with Gasteiger partial charge in [0.1, 0.15) is 23.5 Å². The number of aryl methyl sites for hydroxylation is 1. The van der Waals surface area contributed by atoms with Crippen LogP contribution >= 0.6 is 0 Å². The van der Waals surface area contributed by atoms with Crippen LogP contribution in [0.4, 0.5) is 5.82 Å². The summed E-state index contributed by atoms with van der Waals surface area (Å²) in [6, 6.07) is 11.9. The van der Waals surface area contributed by atoms with Crippen LogP contribution in [0.3, 0.4) is 0 Å². The molecule has 2 heterocycles. The number of Topliss-reactive ketones (excluding diaryl/α,β-unsaturated/α-hetero) is 1. The minimum Gasteiger partial charge on any atom is -0.496 e. The van der Waals surface area contributed by atoms with Gasteiger partial charge < -0.3 is 14.5 Å². The molecule has 6 heteroatoms. The molecule has 0 spiro atoms. The number of nitrogens with zero attached hydrogens (tertiary/aromatic N) is 2. The number of hydrogen-bond donors (Lipinski definition) is 1. The van der Waals surface area contributed by atoms with Crippen LogP contribution in [0.2, 0.25) is 0 Å². The Balaban J connectivity index is 0.000000245. The van der Waals surface area contributed by atoms with E-state index in [2.05, 4.69) is 41.3 Å². The summed E-state index contributed by atoms with van der Waals surface area (Å²) in [7, 11) is 1.73. The standard InChI is InChI=1S/C14H17N3O2.C11H16O/c1-3-4-6-15-13-8-11(5-7-16-13)14-17-12(9-19-14)10(2)18;1-3-4-7-10-8-5-6-9-11(10)12-2/h5,7-9H,3-4,6H2,1-2H3,(H,15,16);5-6,8-9H,3-4,7H2,1-2H3. The number of methoxy groups -OCH3 is 1. The van der Waals surface area contributed by atoms with Gasteiger partial charge in [-0.2, -0.15) is 0 Å². The van der Waals surface area contributed by atoms with Crippen molar-refractivity contribution in [3.05, 3.63) is 60.1 Å². The molecule has 1 N–H and O–H groups in total. The number of oxazole rings is 1. The Bertz CT molecular complexity index is 937. The number of rotatable bonds is 10. The predicted molar refractivity (Wildman–Crippen MR) is 125 cm³/mol. The third-order valence-electron chi connectivity index (χ3n) is 4.70. The number of carbonyl (C=O) groups is 1. The molecule has 3 aromatic rings. The maximum atomic E-state index is 11.2. The Morgan fingerprint density at radius 1 is 1.13 bits per heavy atom. The number of aromatic nitrogens is 2. The van der Waals surface area contributed by atoms with Crippen LogP contribution in [0.5, 0.6) is 5.75 Å². The van der Waals surface area contributed by atoms with Crippen molar-refractivity contribution in [1.29, 1.82) is 0 Å². The second-order valence-electron chi connectivity index (χ2n) is 7.22. The first kappa shape index (κ1) is 24.1. The summed E-state index contributed by atoms with van der Waals surface area (Å²) in [5.41, 5.74) is 2.47. The average molecular weight is 424 g/mol. The van der Waals surface area contributed by atoms with Gasteiger partial charge in [-0.3, -0.25) is 4.79 Å². The van der Waals surface area contributed by atoms with Crippen LogP contribution in [0.15, 0.2) is 53.3 Å². The molecular formula is C25H33N3O3. The van der Waals surface area contributed by atoms with Crippen molar-refractivity contribution in [2.24, 2.45) is 0 Å². The van der Waals surface area contributed by atoms with Gasteiger partial charge in [0, 0.05) is 25.2 Å². The molecule has 3 rings (SSSR count). The number of ether oxygens (including phenoxy) is 1. The molecule has 1 aromatic carbocycles. The van der Waals surface area contributed by atoms with E-state index < -0.39 is 0 Å². The van der Waals surface area contributed by atoms with Gasteiger partial charge >= 0.3 is 0 Å². The maximum absolute atomic E-state index is 11.2. The zero-order valence-electron chi connectivity index (χ0n) is 19.0. The molecule has 6 nitrogen and oxygen atoms in total. The van der Waals surface area contributed by atoms with Gasteiger partial charge in [0.2, 0.25) is 5.89 Å². The van der Waals surface area contributed by atoms with Crippen molar-refractivity contribution in [1.82, 2.24) is 9.97 Å². The number of carbonyl (C=O) groups excluding carboxylic acids is 1. The second-order valence-corrected chi connectivity index (χ2v) is 7.22. The number of anilines is 1. The number of nitrogens with one attached hydrogen (secondary N) is 1. The quantitative estimate of drug-likeness (QED) is 0.309. The first-order valence-electron chi connectivity index (χ1n) is 10.9. The average Bonchev–Trinajstić information content (AvgIpc) is 3.30. The van der Waals surface area contributed by atoms with Crippen LogP contribution in [0.1, 0.15) is 62.5 Å². The third-order valence-corrected chi connectivity index (χ3v) is 4.70. The van der Waals surface area contributed by atoms with E-state index in [0.717, 1.165) is 42.9 Å². The van der Waals surface area contributed by atoms with Crippen LogP contribution in [-0.4, -0.2) is 29.4 Å². The molecule has 0 aliphatic rings. The van der Waals surface area contributed by atoms with E-state index >= 15 is 0 Å². The van der Waals surface area contributed by atoms with E-state index in [4.69, 9.17) is 9.15 Å². The summed E-state index contributed by atoms with van der Waals surface area (Å²) in [5, 5.41) is 3.24. The van der Waals surface area contributed by atoms with Crippen molar-refractivity contribution >= 4 is 11.6 Å². The van der Waals surface area contributed by atoms with Crippen LogP contribution < -0.4 is 10.1 Å². The molecule has 0 atom stereocenters. The summed E-state index contributed by atoms with van der Waals surface area (Å²) < 4.78 is 10.5. The SMILES string of the molecule is CCCCNc1cc(-c2nc(C(C)=O)co2)ccn1.CCCCc1ccccc1OC. The Hall–Kier alpha value is -3.15. The topological polar surface area (TPSA) is 77.3 Å². The number of hydrogen-bond acceptors (Lipinski definition) is 6. The lowest BCUT2D eigenvalue weighted by Crippen LogP contribution is -2.02. The molecule has 0 amide bonds. The van der Waals surface area contributed by atoms with Crippen molar-refractivity contribution in [3.63, 3.8) is 0 Å². The van der Waals surface area contributed by atoms with Crippen LogP contribution in [0, 0.1) is 0 Å². The third kappa shape index (κ3) is 7.89. The molecule has 166 valence electrons. The molecule has 0 aliphatic heterocycles. The summed E-state index contributed by atoms with van der Waals surface area (Å²) in [5.74, 6) is 2.14. The highest BCUT2D eigenvalue weighted by atomic mass is 16.5. The highest BCUT2D eigenvalue weighted by molar-refractivity contribution is 5.92. The molecule has 0 saturated carbocycles. The lowest BCUT2D eigenvalue weighted by molar-refractivity contribution is 0.101. The minimum atomic E-state index is -0.106. The van der Waals surface area contributed by atoms with E-state index in [0.29, 0.717) is 11.6 Å². The van der Waals surface area contributed by atoms with Crippen molar-refractivity contribution < 1.29 is 13.9 Å². The summed E-state index contributed by atoms with van der Waals surface area (Å²) in [6.45, 7) is 6.69. The smallest absolute Gasteiger partial charge is 0.226 e. The fraction of sp³-hybridized carbons (Fsp3) is 0.400. The molecular weight excluding hydrogens is 390 g/mol. The molecule has 0 aliphatic carbocycles. The van der Waals surface area contributed by atoms with E-state index in [-0.39, 0.29) is 5.78 Å². The van der Waals surface area contributed by atoms with Gasteiger partial charge in [-0.05, 0) is 43.0 Å². The van der Waals surface area contributed by atoms with Crippen molar-refractivity contribution in [3.8, 4) is 17.2 Å². The molecule has 0 radical (unpaired) electrons. The second kappa shape index (κ2) is 13.2. The minimum absolute atomic E-state index is 0.106. The first-order valence-corrected chi connectivity index (χ1v) is 10.9. The van der Waals surface area contributed by atoms with Crippen LogP contribution in [-0.2, 0) is 6.42 Å². The van der Waals surface area contributed by atoms with Crippen molar-refractivity contribution in [2.75, 3.05) is 19.0 Å². The molecule has 0 bridgehead atoms. The zero-order valence-corrected chi connectivity index (χ0v) is 19.0. The van der Waals surface area contributed by atoms with Gasteiger partial charge in [-0.15, -0.1) is 0 Å². The summed E-state index contributed by atoms with van der Waals surface area (Å²) in [4.78, 5) is 19.6. The predicted octanol–water partition coefficient (Wildman–Crippen LogP) is 6.19. The zero-order chi connectivity index (χ0) is 22.5. The fourth-order valence-electron chi connectivity index (χ4n) is 2.90. The van der Waals surface area contributed by atoms with E-state index in [1.165, 1.54) is 31.6 Å². The molecule has 0 saturated heterocycles. The van der Waals surface area contributed by atoms with E-state index in [1.807, 2.05) is 18.2 Å². The van der Waals surface area contributed by atoms with E-state index in [9.17, 15) is 4.79 Å². The fourth-order valence-corrected chi connectivity index (χ4v) is 2.90. The Morgan fingerprint density at radius 2 is 1.90 bits per heavy atom. The highest BCUT2D eigenvalue weighted by Gasteiger charge is 2.10. The maximum Gasteiger partial charge on any atom is 0.226 e.